The van der Waals surface area contributed by atoms with Crippen LogP contribution in [0.1, 0.15) is 24.8 Å². The Hall–Kier alpha value is -1.69. The number of carbonyl (C=O) groups excluding carboxylic acids is 1. The fourth-order valence-electron chi connectivity index (χ4n) is 2.22. The molecular weight excluding hydrogens is 288 g/mol. The van der Waals surface area contributed by atoms with Gasteiger partial charge in [0.05, 0.1) is 5.41 Å². The summed E-state index contributed by atoms with van der Waals surface area (Å²) in [6.07, 6.45) is 4.34. The molecule has 1 aromatic carbocycles. The van der Waals surface area contributed by atoms with Gasteiger partial charge in [0.15, 0.2) is 0 Å². The monoisotopic (exact) mass is 308 g/mol. The molecule has 0 saturated heterocycles. The topological polar surface area (TPSA) is 78.4 Å². The summed E-state index contributed by atoms with van der Waals surface area (Å²) in [4.78, 5) is 22.9. The lowest BCUT2D eigenvalue weighted by Crippen LogP contribution is -2.29. The molecule has 5 nitrogen and oxygen atoms in total. The second kappa shape index (κ2) is 6.85. The number of anilines is 1. The van der Waals surface area contributed by atoms with Crippen molar-refractivity contribution in [1.29, 1.82) is 0 Å². The highest BCUT2D eigenvalue weighted by Crippen LogP contribution is 2.48. The Morgan fingerprint density at radius 2 is 1.95 bits per heavy atom. The highest BCUT2D eigenvalue weighted by Gasteiger charge is 2.51. The van der Waals surface area contributed by atoms with Crippen molar-refractivity contribution in [2.45, 2.75) is 24.7 Å². The van der Waals surface area contributed by atoms with E-state index in [-0.39, 0.29) is 6.03 Å². The van der Waals surface area contributed by atoms with E-state index < -0.39 is 11.4 Å². The Labute approximate surface area is 128 Å². The number of rotatable bonds is 7. The first-order valence-electron chi connectivity index (χ1n) is 6.96. The molecule has 1 aliphatic rings. The molecule has 1 aromatic rings. The second-order valence-corrected chi connectivity index (χ2v) is 6.18. The maximum atomic E-state index is 11.7. The molecule has 1 fully saturated rings. The van der Waals surface area contributed by atoms with Crippen LogP contribution in [0.25, 0.3) is 0 Å². The van der Waals surface area contributed by atoms with Crippen molar-refractivity contribution in [3.63, 3.8) is 0 Å². The van der Waals surface area contributed by atoms with E-state index in [4.69, 9.17) is 0 Å². The average molecular weight is 308 g/mol. The standard InChI is InChI=1S/C15H20N2O3S/c1-21-10-2-9-16-14(20)17-12-5-3-11(4-6-12)15(7-8-15)13(18)19/h3-6H,2,7-10H2,1H3,(H,18,19)(H2,16,17,20). The second-order valence-electron chi connectivity index (χ2n) is 5.19. The van der Waals surface area contributed by atoms with Crippen molar-refractivity contribution in [3.8, 4) is 0 Å². The molecule has 1 saturated carbocycles. The minimum Gasteiger partial charge on any atom is -0.481 e. The molecule has 0 aromatic heterocycles. The number of urea groups is 1. The smallest absolute Gasteiger partial charge is 0.319 e. The normalized spacial score (nSPS) is 15.3. The van der Waals surface area contributed by atoms with E-state index in [1.165, 1.54) is 0 Å². The van der Waals surface area contributed by atoms with Gasteiger partial charge in [-0.05, 0) is 49.0 Å². The summed E-state index contributed by atoms with van der Waals surface area (Å²) in [6, 6.07) is 6.83. The van der Waals surface area contributed by atoms with Crippen LogP contribution in [0.5, 0.6) is 0 Å². The summed E-state index contributed by atoms with van der Waals surface area (Å²) in [5.74, 6) is 0.251. The van der Waals surface area contributed by atoms with Crippen LogP contribution in [0.3, 0.4) is 0 Å². The molecule has 0 bridgehead atoms. The zero-order valence-corrected chi connectivity index (χ0v) is 12.8. The van der Waals surface area contributed by atoms with Crippen molar-refractivity contribution in [3.05, 3.63) is 29.8 Å². The van der Waals surface area contributed by atoms with Crippen molar-refractivity contribution >= 4 is 29.4 Å². The Kier molecular flexibility index (Phi) is 5.12. The van der Waals surface area contributed by atoms with E-state index in [0.717, 1.165) is 17.7 Å². The molecular formula is C15H20N2O3S. The van der Waals surface area contributed by atoms with E-state index in [9.17, 15) is 14.7 Å². The number of aliphatic carboxylic acids is 1. The van der Waals surface area contributed by atoms with Gasteiger partial charge in [-0.25, -0.2) is 4.79 Å². The number of carboxylic acids is 1. The van der Waals surface area contributed by atoms with Crippen LogP contribution in [-0.4, -0.2) is 35.7 Å². The number of carboxylic acid groups (broad SMARTS) is 1. The lowest BCUT2D eigenvalue weighted by atomic mass is 9.96. The van der Waals surface area contributed by atoms with Crippen LogP contribution in [0.4, 0.5) is 10.5 Å². The molecule has 0 aliphatic heterocycles. The summed E-state index contributed by atoms with van der Waals surface area (Å²) < 4.78 is 0. The minimum absolute atomic E-state index is 0.233. The molecule has 21 heavy (non-hydrogen) atoms. The zero-order chi connectivity index (χ0) is 15.3. The third-order valence-electron chi connectivity index (χ3n) is 3.67. The lowest BCUT2D eigenvalue weighted by Gasteiger charge is -2.12. The SMILES string of the molecule is CSCCCNC(=O)Nc1ccc(C2(C(=O)O)CC2)cc1. The van der Waals surface area contributed by atoms with Crippen LogP contribution in [-0.2, 0) is 10.2 Å². The predicted octanol–water partition coefficient (Wildman–Crippen LogP) is 2.68. The van der Waals surface area contributed by atoms with Crippen molar-refractivity contribution in [2.24, 2.45) is 0 Å². The third kappa shape index (κ3) is 3.91. The van der Waals surface area contributed by atoms with Crippen molar-refractivity contribution < 1.29 is 14.7 Å². The largest absolute Gasteiger partial charge is 0.481 e. The van der Waals surface area contributed by atoms with Gasteiger partial charge in [-0.15, -0.1) is 0 Å². The number of hydrogen-bond acceptors (Lipinski definition) is 3. The number of hydrogen-bond donors (Lipinski definition) is 3. The maximum Gasteiger partial charge on any atom is 0.319 e. The van der Waals surface area contributed by atoms with E-state index in [1.54, 1.807) is 36.0 Å². The van der Waals surface area contributed by atoms with Crippen molar-refractivity contribution in [2.75, 3.05) is 23.9 Å². The van der Waals surface area contributed by atoms with Gasteiger partial charge >= 0.3 is 12.0 Å². The Bertz CT molecular complexity index is 512. The molecule has 114 valence electrons. The molecule has 6 heteroatoms. The molecule has 0 unspecified atom stereocenters. The molecule has 1 aliphatic carbocycles. The van der Waals surface area contributed by atoms with E-state index >= 15 is 0 Å². The molecule has 0 radical (unpaired) electrons. The van der Waals surface area contributed by atoms with E-state index in [1.807, 2.05) is 6.26 Å². The van der Waals surface area contributed by atoms with Crippen LogP contribution in [0, 0.1) is 0 Å². The highest BCUT2D eigenvalue weighted by molar-refractivity contribution is 7.98. The molecule has 3 N–H and O–H groups in total. The summed E-state index contributed by atoms with van der Waals surface area (Å²) in [6.45, 7) is 0.646. The number of amides is 2. The van der Waals surface area contributed by atoms with Gasteiger partial charge in [0.1, 0.15) is 0 Å². The van der Waals surface area contributed by atoms with Crippen molar-refractivity contribution in [1.82, 2.24) is 5.32 Å². The van der Waals surface area contributed by atoms with Crippen LogP contribution in [0.15, 0.2) is 24.3 Å². The number of benzene rings is 1. The summed E-state index contributed by atoms with van der Waals surface area (Å²) in [5.41, 5.74) is 0.779. The van der Waals surface area contributed by atoms with Crippen LogP contribution < -0.4 is 10.6 Å². The fraction of sp³-hybridized carbons (Fsp3) is 0.467. The van der Waals surface area contributed by atoms with Gasteiger partial charge < -0.3 is 15.7 Å². The fourth-order valence-corrected chi connectivity index (χ4v) is 2.65. The Morgan fingerprint density at radius 1 is 1.29 bits per heavy atom. The van der Waals surface area contributed by atoms with E-state index in [2.05, 4.69) is 10.6 Å². The van der Waals surface area contributed by atoms with Gasteiger partial charge in [0.25, 0.3) is 0 Å². The van der Waals surface area contributed by atoms with Gasteiger partial charge in [0, 0.05) is 12.2 Å². The average Bonchev–Trinajstić information content (AvgIpc) is 3.26. The third-order valence-corrected chi connectivity index (χ3v) is 4.36. The highest BCUT2D eigenvalue weighted by atomic mass is 32.2. The first-order chi connectivity index (χ1) is 10.1. The quantitative estimate of drug-likeness (QED) is 0.677. The van der Waals surface area contributed by atoms with Gasteiger partial charge in [0.2, 0.25) is 0 Å². The summed E-state index contributed by atoms with van der Waals surface area (Å²) >= 11 is 1.75. The Morgan fingerprint density at radius 3 is 2.48 bits per heavy atom. The summed E-state index contributed by atoms with van der Waals surface area (Å²) in [5, 5.41) is 14.8. The van der Waals surface area contributed by atoms with Gasteiger partial charge in [-0.1, -0.05) is 12.1 Å². The molecule has 0 heterocycles. The first kappa shape index (κ1) is 15.7. The maximum absolute atomic E-state index is 11.7. The molecule has 2 amide bonds. The van der Waals surface area contributed by atoms with Crippen LogP contribution >= 0.6 is 11.8 Å². The zero-order valence-electron chi connectivity index (χ0n) is 12.0. The molecule has 2 rings (SSSR count). The van der Waals surface area contributed by atoms with Gasteiger partial charge in [-0.2, -0.15) is 11.8 Å². The number of carbonyl (C=O) groups is 2. The minimum atomic E-state index is -0.769. The predicted molar refractivity (Wildman–Crippen MR) is 85.0 cm³/mol. The number of nitrogens with one attached hydrogen (secondary N) is 2. The van der Waals surface area contributed by atoms with Crippen LogP contribution in [0.2, 0.25) is 0 Å². The van der Waals surface area contributed by atoms with E-state index in [0.29, 0.717) is 25.1 Å². The first-order valence-corrected chi connectivity index (χ1v) is 8.35. The lowest BCUT2D eigenvalue weighted by molar-refractivity contribution is -0.140. The Balaban J connectivity index is 1.85. The molecule has 0 atom stereocenters. The summed E-state index contributed by atoms with van der Waals surface area (Å²) in [7, 11) is 0. The number of thioether (sulfide) groups is 1. The molecule has 0 spiro atoms. The van der Waals surface area contributed by atoms with Gasteiger partial charge in [-0.3, -0.25) is 4.79 Å².